The van der Waals surface area contributed by atoms with Crippen LogP contribution in [0.15, 0.2) is 22.7 Å². The molecule has 1 saturated heterocycles. The molecule has 1 unspecified atom stereocenters. The molecule has 0 radical (unpaired) electrons. The summed E-state index contributed by atoms with van der Waals surface area (Å²) in [4.78, 5) is 14.1. The van der Waals surface area contributed by atoms with Crippen LogP contribution < -0.4 is 4.90 Å². The molecule has 0 N–H and O–H groups in total. The van der Waals surface area contributed by atoms with Gasteiger partial charge in [-0.1, -0.05) is 22.9 Å². The normalized spacial score (nSPS) is 19.9. The number of anilines is 1. The van der Waals surface area contributed by atoms with E-state index in [0.717, 1.165) is 34.6 Å². The van der Waals surface area contributed by atoms with Crippen molar-refractivity contribution >= 4 is 39.2 Å². The molecule has 4 heteroatoms. The lowest BCUT2D eigenvalue weighted by Crippen LogP contribution is -2.38. The summed E-state index contributed by atoms with van der Waals surface area (Å²) in [6, 6.07) is 6.01. The fourth-order valence-corrected chi connectivity index (χ4v) is 3.79. The van der Waals surface area contributed by atoms with Crippen LogP contribution >= 0.6 is 27.7 Å². The molecule has 1 aromatic carbocycles. The molecule has 0 spiro atoms. The number of halogens is 1. The topological polar surface area (TPSA) is 20.3 Å². The third-order valence-corrected chi connectivity index (χ3v) is 5.14. The molecule has 1 aliphatic rings. The first-order valence-electron chi connectivity index (χ1n) is 6.29. The molecule has 1 fully saturated rings. The third kappa shape index (κ3) is 3.09. The minimum Gasteiger partial charge on any atom is -0.369 e. The fraction of sp³-hybridized carbons (Fsp3) is 0.500. The molecule has 1 atom stereocenters. The Morgan fingerprint density at radius 3 is 3.00 bits per heavy atom. The number of Topliss-reactive ketones (excluding diaryl/α,β-unsaturated/α-hetero) is 1. The van der Waals surface area contributed by atoms with Crippen LogP contribution in [0.3, 0.4) is 0 Å². The van der Waals surface area contributed by atoms with E-state index in [2.05, 4.69) is 33.8 Å². The predicted octanol–water partition coefficient (Wildman–Crippen LogP) is 3.98. The van der Waals surface area contributed by atoms with E-state index in [1.54, 1.807) is 6.92 Å². The standard InChI is InChI=1S/C14H18BrNOS/c1-3-12-9-16(6-7-18-12)14-5-4-11(15)8-13(14)10(2)17/h4-5,8,12H,3,6-7,9H2,1-2H3. The highest BCUT2D eigenvalue weighted by atomic mass is 79.9. The number of nitrogens with zero attached hydrogens (tertiary/aromatic N) is 1. The summed E-state index contributed by atoms with van der Waals surface area (Å²) in [5, 5.41) is 0.683. The Kier molecular flexibility index (Phi) is 4.73. The monoisotopic (exact) mass is 327 g/mol. The molecule has 2 nitrogen and oxygen atoms in total. The second kappa shape index (κ2) is 6.11. The van der Waals surface area contributed by atoms with Crippen LogP contribution in [0.1, 0.15) is 30.6 Å². The Morgan fingerprint density at radius 2 is 2.33 bits per heavy atom. The summed E-state index contributed by atoms with van der Waals surface area (Å²) in [6.07, 6.45) is 1.19. The number of thioether (sulfide) groups is 1. The van der Waals surface area contributed by atoms with Gasteiger partial charge in [0.25, 0.3) is 0 Å². The summed E-state index contributed by atoms with van der Waals surface area (Å²) in [7, 11) is 0. The van der Waals surface area contributed by atoms with Gasteiger partial charge in [-0.15, -0.1) is 0 Å². The van der Waals surface area contributed by atoms with Gasteiger partial charge in [-0.2, -0.15) is 11.8 Å². The first-order valence-corrected chi connectivity index (χ1v) is 8.13. The minimum absolute atomic E-state index is 0.137. The number of carbonyl (C=O) groups is 1. The summed E-state index contributed by atoms with van der Waals surface area (Å²) in [6.45, 7) is 5.95. The van der Waals surface area contributed by atoms with Gasteiger partial charge >= 0.3 is 0 Å². The highest BCUT2D eigenvalue weighted by Gasteiger charge is 2.22. The number of hydrogen-bond acceptors (Lipinski definition) is 3. The first-order chi connectivity index (χ1) is 8.61. The zero-order valence-corrected chi connectivity index (χ0v) is 13.2. The lowest BCUT2D eigenvalue weighted by molar-refractivity contribution is 0.101. The van der Waals surface area contributed by atoms with Crippen molar-refractivity contribution in [3.05, 3.63) is 28.2 Å². The molecule has 0 saturated carbocycles. The molecule has 0 aromatic heterocycles. The van der Waals surface area contributed by atoms with E-state index in [9.17, 15) is 4.79 Å². The number of hydrogen-bond donors (Lipinski definition) is 0. The maximum atomic E-state index is 11.8. The predicted molar refractivity (Wildman–Crippen MR) is 82.9 cm³/mol. The lowest BCUT2D eigenvalue weighted by atomic mass is 10.1. The van der Waals surface area contributed by atoms with Gasteiger partial charge in [-0.05, 0) is 31.5 Å². The van der Waals surface area contributed by atoms with Gasteiger partial charge in [0.1, 0.15) is 0 Å². The van der Waals surface area contributed by atoms with Gasteiger partial charge in [0.05, 0.1) is 0 Å². The summed E-state index contributed by atoms with van der Waals surface area (Å²) in [5.41, 5.74) is 1.91. The Balaban J connectivity index is 2.29. The van der Waals surface area contributed by atoms with Gasteiger partial charge in [-0.3, -0.25) is 4.79 Å². The molecule has 0 aliphatic carbocycles. The molecular weight excluding hydrogens is 310 g/mol. The highest BCUT2D eigenvalue weighted by molar-refractivity contribution is 9.10. The lowest BCUT2D eigenvalue weighted by Gasteiger charge is -2.34. The van der Waals surface area contributed by atoms with Gasteiger partial charge in [-0.25, -0.2) is 0 Å². The summed E-state index contributed by atoms with van der Waals surface area (Å²) >= 11 is 5.48. The SMILES string of the molecule is CCC1CN(c2ccc(Br)cc2C(C)=O)CCS1. The number of benzene rings is 1. The Morgan fingerprint density at radius 1 is 1.56 bits per heavy atom. The average Bonchev–Trinajstić information content (AvgIpc) is 2.38. The van der Waals surface area contributed by atoms with E-state index in [-0.39, 0.29) is 5.78 Å². The van der Waals surface area contributed by atoms with E-state index in [1.165, 1.54) is 6.42 Å². The number of carbonyl (C=O) groups excluding carboxylic acids is 1. The van der Waals surface area contributed by atoms with Crippen LogP contribution in [0.5, 0.6) is 0 Å². The molecule has 1 aromatic rings. The third-order valence-electron chi connectivity index (χ3n) is 3.27. The second-order valence-electron chi connectivity index (χ2n) is 4.56. The van der Waals surface area contributed by atoms with Gasteiger partial charge in [0, 0.05) is 39.8 Å². The molecule has 1 aliphatic heterocycles. The second-order valence-corrected chi connectivity index (χ2v) is 6.89. The van der Waals surface area contributed by atoms with Gasteiger partial charge in [0.15, 0.2) is 5.78 Å². The van der Waals surface area contributed by atoms with E-state index in [1.807, 2.05) is 23.9 Å². The van der Waals surface area contributed by atoms with Crippen molar-refractivity contribution in [2.24, 2.45) is 0 Å². The fourth-order valence-electron chi connectivity index (χ4n) is 2.25. The summed E-state index contributed by atoms with van der Waals surface area (Å²) < 4.78 is 0.967. The van der Waals surface area contributed by atoms with Gasteiger partial charge < -0.3 is 4.90 Å². The van der Waals surface area contributed by atoms with Crippen LogP contribution in [0.25, 0.3) is 0 Å². The zero-order valence-electron chi connectivity index (χ0n) is 10.8. The van der Waals surface area contributed by atoms with E-state index < -0.39 is 0 Å². The molecule has 1 heterocycles. The average molecular weight is 328 g/mol. The Bertz CT molecular complexity index is 449. The van der Waals surface area contributed by atoms with E-state index in [0.29, 0.717) is 5.25 Å². The van der Waals surface area contributed by atoms with Crippen LogP contribution in [0, 0.1) is 0 Å². The number of rotatable bonds is 3. The van der Waals surface area contributed by atoms with Crippen molar-refractivity contribution in [2.45, 2.75) is 25.5 Å². The molecule has 98 valence electrons. The van der Waals surface area contributed by atoms with Crippen molar-refractivity contribution < 1.29 is 4.79 Å². The molecule has 18 heavy (non-hydrogen) atoms. The minimum atomic E-state index is 0.137. The van der Waals surface area contributed by atoms with E-state index >= 15 is 0 Å². The Labute approximate surface area is 121 Å². The maximum Gasteiger partial charge on any atom is 0.161 e. The van der Waals surface area contributed by atoms with Gasteiger partial charge in [0.2, 0.25) is 0 Å². The van der Waals surface area contributed by atoms with Crippen LogP contribution in [0.2, 0.25) is 0 Å². The molecule has 0 bridgehead atoms. The van der Waals surface area contributed by atoms with Crippen molar-refractivity contribution in [1.29, 1.82) is 0 Å². The smallest absolute Gasteiger partial charge is 0.161 e. The zero-order chi connectivity index (χ0) is 13.1. The summed E-state index contributed by atoms with van der Waals surface area (Å²) in [5.74, 6) is 1.28. The van der Waals surface area contributed by atoms with Crippen molar-refractivity contribution in [3.8, 4) is 0 Å². The van der Waals surface area contributed by atoms with Crippen LogP contribution in [-0.4, -0.2) is 29.9 Å². The molecule has 0 amide bonds. The van der Waals surface area contributed by atoms with Crippen LogP contribution in [-0.2, 0) is 0 Å². The molecular formula is C14H18BrNOS. The molecule has 2 rings (SSSR count). The quantitative estimate of drug-likeness (QED) is 0.783. The maximum absolute atomic E-state index is 11.8. The largest absolute Gasteiger partial charge is 0.369 e. The van der Waals surface area contributed by atoms with Crippen molar-refractivity contribution in [2.75, 3.05) is 23.7 Å². The van der Waals surface area contributed by atoms with Crippen molar-refractivity contribution in [1.82, 2.24) is 0 Å². The number of ketones is 1. The van der Waals surface area contributed by atoms with Crippen LogP contribution in [0.4, 0.5) is 5.69 Å². The van der Waals surface area contributed by atoms with E-state index in [4.69, 9.17) is 0 Å². The Hall–Kier alpha value is -0.480. The first kappa shape index (κ1) is 13.9. The van der Waals surface area contributed by atoms with Crippen molar-refractivity contribution in [3.63, 3.8) is 0 Å². The highest BCUT2D eigenvalue weighted by Crippen LogP contribution is 2.30.